The van der Waals surface area contributed by atoms with Crippen LogP contribution in [0, 0.1) is 5.92 Å². The molecule has 0 amide bonds. The van der Waals surface area contributed by atoms with E-state index in [4.69, 9.17) is 14.2 Å². The molecule has 5 nitrogen and oxygen atoms in total. The molecule has 2 aliphatic heterocycles. The summed E-state index contributed by atoms with van der Waals surface area (Å²) in [4.78, 5) is 23.8. The van der Waals surface area contributed by atoms with Gasteiger partial charge in [0.1, 0.15) is 6.10 Å². The number of rotatable bonds is 2. The second-order valence-electron chi connectivity index (χ2n) is 5.27. The molecule has 1 saturated carbocycles. The lowest BCUT2D eigenvalue weighted by atomic mass is 9.81. The van der Waals surface area contributed by atoms with Crippen LogP contribution in [0.4, 0.5) is 0 Å². The molecule has 1 aliphatic carbocycles. The largest absolute Gasteiger partial charge is 0.386 e. The summed E-state index contributed by atoms with van der Waals surface area (Å²) < 4.78 is 15.7. The Morgan fingerprint density at radius 2 is 1.63 bits per heavy atom. The maximum atomic E-state index is 11.9. The Morgan fingerprint density at radius 3 is 2.32 bits per heavy atom. The third-order valence-electron chi connectivity index (χ3n) is 4.07. The minimum absolute atomic E-state index is 0.147. The quantitative estimate of drug-likeness (QED) is 0.558. The Labute approximate surface area is 111 Å². The van der Waals surface area contributed by atoms with Crippen LogP contribution in [0.2, 0.25) is 0 Å². The van der Waals surface area contributed by atoms with Gasteiger partial charge in [0.25, 0.3) is 0 Å². The van der Waals surface area contributed by atoms with Gasteiger partial charge in [0.05, 0.1) is 31.0 Å². The van der Waals surface area contributed by atoms with Crippen LogP contribution in [-0.4, -0.2) is 37.9 Å². The van der Waals surface area contributed by atoms with Gasteiger partial charge < -0.3 is 14.2 Å². The molecule has 0 bridgehead atoms. The second-order valence-corrected chi connectivity index (χ2v) is 5.27. The number of carbonyl (C=O) groups is 2. The lowest BCUT2D eigenvalue weighted by Gasteiger charge is -2.26. The van der Waals surface area contributed by atoms with Gasteiger partial charge in [-0.05, 0) is 18.8 Å². The van der Waals surface area contributed by atoms with Crippen LogP contribution in [0.1, 0.15) is 32.1 Å². The standard InChI is InChI=1S/C14H18O5/c15-13-11(9-4-2-1-3-5-9)12(14(16)19-13)10-8-17-6-7-18-10/h9-10H,1-8H2. The minimum Gasteiger partial charge on any atom is -0.386 e. The van der Waals surface area contributed by atoms with Gasteiger partial charge in [-0.3, -0.25) is 0 Å². The number of hydrogen-bond acceptors (Lipinski definition) is 5. The summed E-state index contributed by atoms with van der Waals surface area (Å²) in [7, 11) is 0. The van der Waals surface area contributed by atoms with E-state index >= 15 is 0 Å². The van der Waals surface area contributed by atoms with E-state index in [1.165, 1.54) is 6.42 Å². The molecule has 19 heavy (non-hydrogen) atoms. The first-order chi connectivity index (χ1) is 9.27. The molecular weight excluding hydrogens is 248 g/mol. The molecule has 2 fully saturated rings. The zero-order chi connectivity index (χ0) is 13.2. The summed E-state index contributed by atoms with van der Waals surface area (Å²) >= 11 is 0. The fourth-order valence-electron chi connectivity index (χ4n) is 3.15. The molecule has 5 heteroatoms. The Kier molecular flexibility index (Phi) is 3.66. The summed E-state index contributed by atoms with van der Waals surface area (Å²) in [6.45, 7) is 1.31. The molecule has 0 aromatic heterocycles. The number of cyclic esters (lactones) is 2. The highest BCUT2D eigenvalue weighted by atomic mass is 16.6. The number of esters is 2. The Balaban J connectivity index is 1.90. The van der Waals surface area contributed by atoms with E-state index < -0.39 is 18.0 Å². The number of ether oxygens (including phenoxy) is 3. The molecule has 0 aromatic rings. The van der Waals surface area contributed by atoms with Gasteiger partial charge in [0, 0.05) is 0 Å². The molecular formula is C14H18O5. The van der Waals surface area contributed by atoms with E-state index in [0.29, 0.717) is 31.0 Å². The molecule has 0 spiro atoms. The van der Waals surface area contributed by atoms with Gasteiger partial charge in [-0.15, -0.1) is 0 Å². The third kappa shape index (κ3) is 2.44. The molecule has 3 rings (SSSR count). The van der Waals surface area contributed by atoms with Gasteiger partial charge in [-0.2, -0.15) is 0 Å². The summed E-state index contributed by atoms with van der Waals surface area (Å²) in [5.41, 5.74) is 0.969. The first-order valence-electron chi connectivity index (χ1n) is 6.97. The van der Waals surface area contributed by atoms with Crippen molar-refractivity contribution in [2.45, 2.75) is 38.2 Å². The summed E-state index contributed by atoms with van der Waals surface area (Å²) in [6.07, 6.45) is 4.87. The van der Waals surface area contributed by atoms with Crippen LogP contribution in [0.15, 0.2) is 11.1 Å². The van der Waals surface area contributed by atoms with E-state index in [2.05, 4.69) is 0 Å². The predicted octanol–water partition coefficient (Wildman–Crippen LogP) is 1.36. The van der Waals surface area contributed by atoms with Crippen molar-refractivity contribution in [3.63, 3.8) is 0 Å². The summed E-state index contributed by atoms with van der Waals surface area (Å²) in [5, 5.41) is 0. The molecule has 0 radical (unpaired) electrons. The first-order valence-corrected chi connectivity index (χ1v) is 6.97. The zero-order valence-corrected chi connectivity index (χ0v) is 10.9. The fourth-order valence-corrected chi connectivity index (χ4v) is 3.15. The van der Waals surface area contributed by atoms with Gasteiger partial charge in [0.15, 0.2) is 0 Å². The molecule has 2 heterocycles. The van der Waals surface area contributed by atoms with Crippen LogP contribution in [0.5, 0.6) is 0 Å². The van der Waals surface area contributed by atoms with Crippen LogP contribution in [-0.2, 0) is 23.8 Å². The average molecular weight is 266 g/mol. The Hall–Kier alpha value is -1.20. The smallest absolute Gasteiger partial charge is 0.345 e. The van der Waals surface area contributed by atoms with Crippen molar-refractivity contribution in [1.29, 1.82) is 0 Å². The maximum absolute atomic E-state index is 11.9. The Bertz CT molecular complexity index is 376. The molecule has 0 N–H and O–H groups in total. The minimum atomic E-state index is -0.541. The number of hydrogen-bond donors (Lipinski definition) is 0. The lowest BCUT2D eigenvalue weighted by molar-refractivity contribution is -0.152. The first kappa shape index (κ1) is 12.8. The SMILES string of the molecule is O=C1OC(=O)C(C2COCCO2)=C1C1CCCCC1. The van der Waals surface area contributed by atoms with Crippen LogP contribution < -0.4 is 0 Å². The third-order valence-corrected chi connectivity index (χ3v) is 4.07. The fraction of sp³-hybridized carbons (Fsp3) is 0.714. The highest BCUT2D eigenvalue weighted by Crippen LogP contribution is 2.36. The van der Waals surface area contributed by atoms with Gasteiger partial charge >= 0.3 is 11.9 Å². The molecule has 0 aromatic carbocycles. The van der Waals surface area contributed by atoms with E-state index in [0.717, 1.165) is 25.7 Å². The van der Waals surface area contributed by atoms with E-state index in [1.807, 2.05) is 0 Å². The van der Waals surface area contributed by atoms with E-state index in [9.17, 15) is 9.59 Å². The summed E-state index contributed by atoms with van der Waals surface area (Å²) in [5.74, 6) is -0.865. The Morgan fingerprint density at radius 1 is 0.895 bits per heavy atom. The van der Waals surface area contributed by atoms with Crippen molar-refractivity contribution < 1.29 is 23.8 Å². The van der Waals surface area contributed by atoms with Crippen molar-refractivity contribution in [3.8, 4) is 0 Å². The lowest BCUT2D eigenvalue weighted by Crippen LogP contribution is -2.33. The average Bonchev–Trinajstić information content (AvgIpc) is 2.75. The molecule has 3 aliphatic rings. The van der Waals surface area contributed by atoms with Crippen LogP contribution >= 0.6 is 0 Å². The molecule has 104 valence electrons. The highest BCUT2D eigenvalue weighted by Gasteiger charge is 2.42. The van der Waals surface area contributed by atoms with Gasteiger partial charge in [-0.1, -0.05) is 19.3 Å². The molecule has 1 atom stereocenters. The van der Waals surface area contributed by atoms with Crippen molar-refractivity contribution in [2.75, 3.05) is 19.8 Å². The second kappa shape index (κ2) is 5.43. The normalized spacial score (nSPS) is 29.8. The number of carbonyl (C=O) groups excluding carboxylic acids is 2. The van der Waals surface area contributed by atoms with Crippen molar-refractivity contribution in [3.05, 3.63) is 11.1 Å². The molecule has 1 saturated heterocycles. The maximum Gasteiger partial charge on any atom is 0.345 e. The van der Waals surface area contributed by atoms with E-state index in [-0.39, 0.29) is 5.92 Å². The predicted molar refractivity (Wildman–Crippen MR) is 65.3 cm³/mol. The van der Waals surface area contributed by atoms with Crippen molar-refractivity contribution >= 4 is 11.9 Å². The monoisotopic (exact) mass is 266 g/mol. The highest BCUT2D eigenvalue weighted by molar-refractivity contribution is 6.13. The van der Waals surface area contributed by atoms with Crippen LogP contribution in [0.3, 0.4) is 0 Å². The van der Waals surface area contributed by atoms with Crippen molar-refractivity contribution in [2.24, 2.45) is 5.92 Å². The zero-order valence-electron chi connectivity index (χ0n) is 10.9. The van der Waals surface area contributed by atoms with Gasteiger partial charge in [-0.25, -0.2) is 9.59 Å². The topological polar surface area (TPSA) is 61.8 Å². The molecule has 1 unspecified atom stereocenters. The van der Waals surface area contributed by atoms with Gasteiger partial charge in [0.2, 0.25) is 0 Å². The van der Waals surface area contributed by atoms with Crippen LogP contribution in [0.25, 0.3) is 0 Å². The van der Waals surface area contributed by atoms with Crippen molar-refractivity contribution in [1.82, 2.24) is 0 Å². The summed E-state index contributed by atoms with van der Waals surface area (Å²) in [6, 6.07) is 0. The van der Waals surface area contributed by atoms with E-state index in [1.54, 1.807) is 0 Å².